The van der Waals surface area contributed by atoms with Gasteiger partial charge in [0.1, 0.15) is 17.8 Å². The van der Waals surface area contributed by atoms with E-state index in [4.69, 9.17) is 14.5 Å². The molecule has 3 fully saturated rings. The Morgan fingerprint density at radius 1 is 1.06 bits per heavy atom. The second kappa shape index (κ2) is 10.9. The van der Waals surface area contributed by atoms with Gasteiger partial charge in [-0.05, 0) is 64.3 Å². The quantitative estimate of drug-likeness (QED) is 0.609. The zero-order valence-corrected chi connectivity index (χ0v) is 20.3. The number of aryl methyl sites for hydroxylation is 1. The van der Waals surface area contributed by atoms with Crippen molar-refractivity contribution in [3.05, 3.63) is 17.3 Å². The van der Waals surface area contributed by atoms with Crippen molar-refractivity contribution in [2.75, 3.05) is 57.4 Å². The second-order valence-electron chi connectivity index (χ2n) is 10.6. The van der Waals surface area contributed by atoms with E-state index in [-0.39, 0.29) is 6.23 Å². The third-order valence-electron chi connectivity index (χ3n) is 8.29. The molecule has 7 heteroatoms. The Labute approximate surface area is 198 Å². The summed E-state index contributed by atoms with van der Waals surface area (Å²) < 4.78 is 11.2. The number of aliphatic hydroxyl groups excluding tert-OH is 1. The van der Waals surface area contributed by atoms with E-state index in [1.54, 1.807) is 0 Å². The van der Waals surface area contributed by atoms with E-state index in [0.29, 0.717) is 12.0 Å². The van der Waals surface area contributed by atoms with Crippen LogP contribution in [0.1, 0.15) is 56.2 Å². The Morgan fingerprint density at radius 2 is 1.82 bits per heavy atom. The average molecular weight is 459 g/mol. The Hall–Kier alpha value is -1.41. The van der Waals surface area contributed by atoms with Gasteiger partial charge in [-0.3, -0.25) is 10.2 Å². The molecule has 0 amide bonds. The van der Waals surface area contributed by atoms with Crippen molar-refractivity contribution >= 4 is 5.82 Å². The van der Waals surface area contributed by atoms with Crippen LogP contribution in [0.4, 0.5) is 5.82 Å². The van der Waals surface area contributed by atoms with Crippen LogP contribution in [0, 0.1) is 18.8 Å². The highest BCUT2D eigenvalue weighted by molar-refractivity contribution is 5.56. The summed E-state index contributed by atoms with van der Waals surface area (Å²) in [6.07, 6.45) is 8.87. The summed E-state index contributed by atoms with van der Waals surface area (Å²) in [5, 5.41) is 14.1. The average Bonchev–Trinajstić information content (AvgIpc) is 3.32. The highest BCUT2D eigenvalue weighted by Gasteiger charge is 2.29. The Bertz CT molecular complexity index is 769. The van der Waals surface area contributed by atoms with Crippen LogP contribution >= 0.6 is 0 Å². The van der Waals surface area contributed by atoms with Gasteiger partial charge >= 0.3 is 0 Å². The van der Waals surface area contributed by atoms with Crippen LogP contribution in [0.2, 0.25) is 0 Å². The van der Waals surface area contributed by atoms with Gasteiger partial charge in [-0.25, -0.2) is 4.98 Å². The molecule has 0 bridgehead atoms. The molecule has 7 nitrogen and oxygen atoms in total. The number of piperazine rings is 1. The molecular weight excluding hydrogens is 416 g/mol. The van der Waals surface area contributed by atoms with Crippen molar-refractivity contribution in [3.8, 4) is 5.75 Å². The molecule has 1 unspecified atom stereocenters. The molecule has 184 valence electrons. The number of aromatic nitrogens is 1. The predicted octanol–water partition coefficient (Wildman–Crippen LogP) is 2.73. The molecule has 4 heterocycles. The third kappa shape index (κ3) is 5.81. The molecule has 4 aliphatic rings. The maximum atomic E-state index is 10.5. The van der Waals surface area contributed by atoms with Crippen LogP contribution in [-0.4, -0.2) is 79.8 Å². The monoisotopic (exact) mass is 458 g/mol. The van der Waals surface area contributed by atoms with Gasteiger partial charge in [-0.15, -0.1) is 0 Å². The lowest BCUT2D eigenvalue weighted by molar-refractivity contribution is -0.0140. The Morgan fingerprint density at radius 3 is 2.58 bits per heavy atom. The summed E-state index contributed by atoms with van der Waals surface area (Å²) in [6, 6.07) is 2.56. The number of hydrogen-bond acceptors (Lipinski definition) is 7. The highest BCUT2D eigenvalue weighted by Crippen LogP contribution is 2.34. The molecule has 0 spiro atoms. The van der Waals surface area contributed by atoms with Gasteiger partial charge in [-0.1, -0.05) is 0 Å². The van der Waals surface area contributed by atoms with Gasteiger partial charge in [0.2, 0.25) is 0 Å². The minimum Gasteiger partial charge on any atom is -0.493 e. The van der Waals surface area contributed by atoms with Crippen molar-refractivity contribution in [1.29, 1.82) is 0 Å². The van der Waals surface area contributed by atoms with Crippen molar-refractivity contribution in [3.63, 3.8) is 0 Å². The first-order valence-corrected chi connectivity index (χ1v) is 13.3. The molecule has 1 aromatic heterocycles. The smallest absolute Gasteiger partial charge is 0.135 e. The molecular formula is C26H42N4O3. The van der Waals surface area contributed by atoms with E-state index < -0.39 is 0 Å². The lowest BCUT2D eigenvalue weighted by Crippen LogP contribution is -2.48. The number of nitrogens with zero attached hydrogens (tertiary/aromatic N) is 3. The molecule has 33 heavy (non-hydrogen) atoms. The van der Waals surface area contributed by atoms with Crippen molar-refractivity contribution < 1.29 is 14.6 Å². The molecule has 2 N–H and O–H groups in total. The molecule has 2 saturated heterocycles. The molecule has 3 aliphatic heterocycles. The van der Waals surface area contributed by atoms with Gasteiger partial charge in [0, 0.05) is 75.1 Å². The molecule has 0 radical (unpaired) electrons. The summed E-state index contributed by atoms with van der Waals surface area (Å²) in [5.41, 5.74) is 2.36. The van der Waals surface area contributed by atoms with Gasteiger partial charge in [-0.2, -0.15) is 0 Å². The van der Waals surface area contributed by atoms with Gasteiger partial charge in [0.05, 0.1) is 6.61 Å². The van der Waals surface area contributed by atoms with E-state index in [9.17, 15) is 5.11 Å². The summed E-state index contributed by atoms with van der Waals surface area (Å²) in [7, 11) is 0. The largest absolute Gasteiger partial charge is 0.493 e. The molecule has 1 aliphatic carbocycles. The molecule has 5 rings (SSSR count). The van der Waals surface area contributed by atoms with E-state index >= 15 is 0 Å². The lowest BCUT2D eigenvalue weighted by atomic mass is 9.83. The van der Waals surface area contributed by atoms with Crippen LogP contribution < -0.4 is 15.0 Å². The maximum absolute atomic E-state index is 10.5. The minimum absolute atomic E-state index is 0.359. The van der Waals surface area contributed by atoms with E-state index in [1.807, 2.05) is 0 Å². The van der Waals surface area contributed by atoms with Crippen molar-refractivity contribution in [1.82, 2.24) is 15.2 Å². The van der Waals surface area contributed by atoms with Crippen molar-refractivity contribution in [2.45, 2.75) is 70.6 Å². The number of pyridine rings is 1. The molecule has 0 aromatic carbocycles. The summed E-state index contributed by atoms with van der Waals surface area (Å²) in [4.78, 5) is 9.98. The topological polar surface area (TPSA) is 70.1 Å². The first-order valence-electron chi connectivity index (χ1n) is 13.3. The van der Waals surface area contributed by atoms with E-state index in [1.165, 1.54) is 44.2 Å². The lowest BCUT2D eigenvalue weighted by Gasteiger charge is -2.38. The maximum Gasteiger partial charge on any atom is 0.135 e. The van der Waals surface area contributed by atoms with Crippen LogP contribution in [0.3, 0.4) is 0 Å². The highest BCUT2D eigenvalue weighted by atomic mass is 16.5. The van der Waals surface area contributed by atoms with Gasteiger partial charge in [0.15, 0.2) is 0 Å². The second-order valence-corrected chi connectivity index (χ2v) is 10.6. The number of anilines is 1. The van der Waals surface area contributed by atoms with Gasteiger partial charge in [0.25, 0.3) is 0 Å². The fourth-order valence-electron chi connectivity index (χ4n) is 6.12. The fourth-order valence-corrected chi connectivity index (χ4v) is 6.12. The predicted molar refractivity (Wildman–Crippen MR) is 130 cm³/mol. The van der Waals surface area contributed by atoms with Crippen LogP contribution in [0.5, 0.6) is 5.75 Å². The number of fused-ring (bicyclic) bond motifs is 1. The van der Waals surface area contributed by atoms with Crippen molar-refractivity contribution in [2.24, 2.45) is 11.8 Å². The zero-order chi connectivity index (χ0) is 22.6. The minimum atomic E-state index is -0.359. The summed E-state index contributed by atoms with van der Waals surface area (Å²) in [5.74, 6) is 3.40. The number of hydrogen-bond donors (Lipinski definition) is 2. The molecule has 1 atom stereocenters. The van der Waals surface area contributed by atoms with E-state index in [2.05, 4.69) is 28.1 Å². The third-order valence-corrected chi connectivity index (χ3v) is 8.29. The van der Waals surface area contributed by atoms with Crippen LogP contribution in [0.15, 0.2) is 6.07 Å². The van der Waals surface area contributed by atoms with Crippen LogP contribution in [0.25, 0.3) is 0 Å². The molecule has 1 aromatic rings. The number of aliphatic hydroxyl groups is 1. The standard InChI is InChI=1S/C26H42N4O3/c1-19-18-24-23(9-17-33-24)25(27-19)30-13-11-29(12-14-30)10-6-20-2-4-22(5-3-20)28-26(31)21-7-15-32-16-8-21/h18,20-22,26,28,31H,2-17H2,1H3. The van der Waals surface area contributed by atoms with Crippen LogP contribution in [-0.2, 0) is 11.2 Å². The first-order chi connectivity index (χ1) is 16.2. The number of ether oxygens (including phenoxy) is 2. The molecule has 1 saturated carbocycles. The SMILES string of the molecule is Cc1cc2c(c(N3CCN(CCC4CCC(NC(O)C5CCOCC5)CC4)CC3)n1)CCO2. The summed E-state index contributed by atoms with van der Waals surface area (Å²) in [6.45, 7) is 10.0. The fraction of sp³-hybridized carbons (Fsp3) is 0.808. The normalized spacial score (nSPS) is 27.9. The summed E-state index contributed by atoms with van der Waals surface area (Å²) >= 11 is 0. The zero-order valence-electron chi connectivity index (χ0n) is 20.3. The Kier molecular flexibility index (Phi) is 7.70. The van der Waals surface area contributed by atoms with Gasteiger partial charge < -0.3 is 19.5 Å². The Balaban J connectivity index is 1.01. The number of nitrogens with one attached hydrogen (secondary N) is 1. The first kappa shape index (κ1) is 23.3. The number of rotatable bonds is 7. The van der Waals surface area contributed by atoms with E-state index in [0.717, 1.165) is 88.4 Å².